The summed E-state index contributed by atoms with van der Waals surface area (Å²) < 4.78 is 0.853. The summed E-state index contributed by atoms with van der Waals surface area (Å²) in [4.78, 5) is 26.3. The highest BCUT2D eigenvalue weighted by Gasteiger charge is 2.35. The zero-order chi connectivity index (χ0) is 17.3. The first-order valence-corrected chi connectivity index (χ1v) is 9.26. The van der Waals surface area contributed by atoms with Crippen molar-refractivity contribution in [3.63, 3.8) is 0 Å². The minimum absolute atomic E-state index is 0.215. The number of carbonyl (C=O) groups is 2. The van der Waals surface area contributed by atoms with Crippen LogP contribution < -0.4 is 0 Å². The second-order valence-electron chi connectivity index (χ2n) is 5.00. The van der Waals surface area contributed by atoms with Gasteiger partial charge in [0.1, 0.15) is 0 Å². The van der Waals surface area contributed by atoms with Gasteiger partial charge in [0, 0.05) is 4.47 Å². The average molecular weight is 443 g/mol. The van der Waals surface area contributed by atoms with Crippen LogP contribution in [0.3, 0.4) is 0 Å². The number of nitrogens with zero attached hydrogens (tertiary/aromatic N) is 1. The van der Waals surface area contributed by atoms with Gasteiger partial charge in [-0.05, 0) is 41.1 Å². The number of rotatable bonds is 3. The molecule has 0 saturated carbocycles. The second-order valence-corrected chi connectivity index (χ2v) is 7.64. The van der Waals surface area contributed by atoms with Gasteiger partial charge in [0.05, 0.1) is 21.5 Å². The molecule has 0 aromatic heterocycles. The maximum Gasteiger partial charge on any atom is 0.293 e. The van der Waals surface area contributed by atoms with Gasteiger partial charge in [-0.1, -0.05) is 69.5 Å². The van der Waals surface area contributed by atoms with E-state index in [1.807, 2.05) is 24.3 Å². The first-order chi connectivity index (χ1) is 11.5. The Labute approximate surface area is 161 Å². The molecule has 2 aromatic carbocycles. The van der Waals surface area contributed by atoms with Crippen LogP contribution in [0, 0.1) is 0 Å². The number of thioether (sulfide) groups is 1. The summed E-state index contributed by atoms with van der Waals surface area (Å²) in [6.45, 7) is 0.215. The number of hydrogen-bond donors (Lipinski definition) is 0. The van der Waals surface area contributed by atoms with Crippen molar-refractivity contribution in [1.82, 2.24) is 4.90 Å². The van der Waals surface area contributed by atoms with E-state index in [0.717, 1.165) is 21.8 Å². The molecule has 3 rings (SSSR count). The number of halogens is 3. The Balaban J connectivity index is 1.88. The van der Waals surface area contributed by atoms with Crippen LogP contribution in [0.15, 0.2) is 51.8 Å². The molecule has 0 aliphatic carbocycles. The first kappa shape index (κ1) is 17.5. The highest BCUT2D eigenvalue weighted by molar-refractivity contribution is 9.10. The Morgan fingerprint density at radius 1 is 1.08 bits per heavy atom. The molecule has 0 unspecified atom stereocenters. The van der Waals surface area contributed by atoms with Crippen LogP contribution in [-0.2, 0) is 11.3 Å². The van der Waals surface area contributed by atoms with E-state index in [9.17, 15) is 9.59 Å². The van der Waals surface area contributed by atoms with Gasteiger partial charge < -0.3 is 0 Å². The Bertz CT molecular complexity index is 869. The van der Waals surface area contributed by atoms with Crippen LogP contribution in [0.5, 0.6) is 0 Å². The Morgan fingerprint density at radius 3 is 2.58 bits per heavy atom. The van der Waals surface area contributed by atoms with Gasteiger partial charge in [0.25, 0.3) is 11.1 Å². The SMILES string of the molecule is O=C1S/C(=C\c2cccc(Cl)c2Cl)C(=O)N1Cc1ccccc1Br. The van der Waals surface area contributed by atoms with Crippen molar-refractivity contribution in [2.75, 3.05) is 0 Å². The molecule has 1 aliphatic rings. The molecular weight excluding hydrogens is 433 g/mol. The van der Waals surface area contributed by atoms with Crippen molar-refractivity contribution >= 4 is 68.1 Å². The molecule has 24 heavy (non-hydrogen) atoms. The zero-order valence-corrected chi connectivity index (χ0v) is 16.0. The van der Waals surface area contributed by atoms with E-state index in [4.69, 9.17) is 23.2 Å². The quantitative estimate of drug-likeness (QED) is 0.547. The molecule has 0 bridgehead atoms. The van der Waals surface area contributed by atoms with Gasteiger partial charge >= 0.3 is 0 Å². The Hall–Kier alpha value is -1.27. The molecule has 7 heteroatoms. The van der Waals surface area contributed by atoms with Crippen molar-refractivity contribution in [3.05, 3.63) is 73.0 Å². The third kappa shape index (κ3) is 3.54. The fourth-order valence-corrected chi connectivity index (χ4v) is 3.81. The lowest BCUT2D eigenvalue weighted by Gasteiger charge is -2.13. The van der Waals surface area contributed by atoms with Crippen LogP contribution in [0.25, 0.3) is 6.08 Å². The van der Waals surface area contributed by atoms with Crippen LogP contribution in [0.1, 0.15) is 11.1 Å². The van der Waals surface area contributed by atoms with Crippen LogP contribution in [0.2, 0.25) is 10.0 Å². The van der Waals surface area contributed by atoms with Gasteiger partial charge in [-0.2, -0.15) is 0 Å². The molecule has 0 radical (unpaired) electrons. The first-order valence-electron chi connectivity index (χ1n) is 6.90. The minimum Gasteiger partial charge on any atom is -0.268 e. The Morgan fingerprint density at radius 2 is 1.83 bits per heavy atom. The lowest BCUT2D eigenvalue weighted by Crippen LogP contribution is -2.27. The summed E-state index contributed by atoms with van der Waals surface area (Å²) in [7, 11) is 0. The monoisotopic (exact) mass is 441 g/mol. The van der Waals surface area contributed by atoms with Gasteiger partial charge in [-0.25, -0.2) is 0 Å². The number of carbonyl (C=O) groups excluding carboxylic acids is 2. The fraction of sp³-hybridized carbons (Fsp3) is 0.0588. The van der Waals surface area contributed by atoms with Crippen LogP contribution >= 0.6 is 50.9 Å². The van der Waals surface area contributed by atoms with Gasteiger partial charge in [0.15, 0.2) is 0 Å². The van der Waals surface area contributed by atoms with Crippen LogP contribution in [0.4, 0.5) is 4.79 Å². The fourth-order valence-electron chi connectivity index (χ4n) is 2.21. The summed E-state index contributed by atoms with van der Waals surface area (Å²) in [5.41, 5.74) is 1.47. The third-order valence-corrected chi connectivity index (χ3v) is 5.94. The second kappa shape index (κ2) is 7.31. The number of hydrogen-bond acceptors (Lipinski definition) is 3. The molecule has 1 heterocycles. The normalized spacial score (nSPS) is 16.3. The standard InChI is InChI=1S/C17H10BrCl2NO2S/c18-12-6-2-1-4-11(12)9-21-16(22)14(24-17(21)23)8-10-5-3-7-13(19)15(10)20/h1-8H,9H2/b14-8-. The van der Waals surface area contributed by atoms with Crippen molar-refractivity contribution < 1.29 is 9.59 Å². The van der Waals surface area contributed by atoms with E-state index >= 15 is 0 Å². The summed E-state index contributed by atoms with van der Waals surface area (Å²) in [5.74, 6) is -0.336. The molecule has 2 aromatic rings. The average Bonchev–Trinajstić information content (AvgIpc) is 2.81. The minimum atomic E-state index is -0.336. The van der Waals surface area contributed by atoms with Crippen molar-refractivity contribution in [2.24, 2.45) is 0 Å². The predicted octanol–water partition coefficient (Wildman–Crippen LogP) is 5.99. The number of imide groups is 1. The number of benzene rings is 2. The molecule has 0 spiro atoms. The van der Waals surface area contributed by atoms with E-state index in [1.165, 1.54) is 4.90 Å². The van der Waals surface area contributed by atoms with E-state index in [1.54, 1.807) is 24.3 Å². The molecular formula is C17H10BrCl2NO2S. The van der Waals surface area contributed by atoms with Crippen LogP contribution in [-0.4, -0.2) is 16.0 Å². The lowest BCUT2D eigenvalue weighted by atomic mass is 10.2. The maximum absolute atomic E-state index is 12.6. The molecule has 1 saturated heterocycles. The molecule has 2 amide bonds. The number of amides is 2. The molecule has 1 fully saturated rings. The molecule has 3 nitrogen and oxygen atoms in total. The van der Waals surface area contributed by atoms with E-state index in [0.29, 0.717) is 20.5 Å². The summed E-state index contributed by atoms with van der Waals surface area (Å²) in [5, 5.41) is 0.454. The molecule has 0 atom stereocenters. The van der Waals surface area contributed by atoms with Crippen molar-refractivity contribution in [1.29, 1.82) is 0 Å². The van der Waals surface area contributed by atoms with E-state index in [2.05, 4.69) is 15.9 Å². The van der Waals surface area contributed by atoms with Gasteiger partial charge in [-0.3, -0.25) is 14.5 Å². The molecule has 0 N–H and O–H groups in total. The highest BCUT2D eigenvalue weighted by atomic mass is 79.9. The molecule has 122 valence electrons. The van der Waals surface area contributed by atoms with Crippen molar-refractivity contribution in [2.45, 2.75) is 6.54 Å². The lowest BCUT2D eigenvalue weighted by molar-refractivity contribution is -0.123. The summed E-state index contributed by atoms with van der Waals surface area (Å²) in [6, 6.07) is 12.6. The zero-order valence-electron chi connectivity index (χ0n) is 12.1. The largest absolute Gasteiger partial charge is 0.293 e. The Kier molecular flexibility index (Phi) is 5.35. The maximum atomic E-state index is 12.6. The highest BCUT2D eigenvalue weighted by Crippen LogP contribution is 2.36. The van der Waals surface area contributed by atoms with Crippen molar-refractivity contribution in [3.8, 4) is 0 Å². The smallest absolute Gasteiger partial charge is 0.268 e. The summed E-state index contributed by atoms with van der Waals surface area (Å²) in [6.07, 6.45) is 1.60. The van der Waals surface area contributed by atoms with Gasteiger partial charge in [-0.15, -0.1) is 0 Å². The summed E-state index contributed by atoms with van der Waals surface area (Å²) >= 11 is 16.4. The van der Waals surface area contributed by atoms with Gasteiger partial charge in [0.2, 0.25) is 0 Å². The van der Waals surface area contributed by atoms with E-state index < -0.39 is 0 Å². The topological polar surface area (TPSA) is 37.4 Å². The molecule has 1 aliphatic heterocycles. The predicted molar refractivity (Wildman–Crippen MR) is 102 cm³/mol. The third-order valence-electron chi connectivity index (χ3n) is 3.43. The van der Waals surface area contributed by atoms with E-state index in [-0.39, 0.29) is 17.7 Å².